The van der Waals surface area contributed by atoms with Crippen LogP contribution in [0.3, 0.4) is 0 Å². The fourth-order valence-electron chi connectivity index (χ4n) is 1.71. The summed E-state index contributed by atoms with van der Waals surface area (Å²) in [6.45, 7) is 1.07. The van der Waals surface area contributed by atoms with Gasteiger partial charge in [-0.05, 0) is 24.0 Å². The lowest BCUT2D eigenvalue weighted by Crippen LogP contribution is -2.34. The van der Waals surface area contributed by atoms with Gasteiger partial charge in [0.25, 0.3) is 0 Å². The van der Waals surface area contributed by atoms with Crippen LogP contribution in [-0.2, 0) is 13.2 Å². The molecule has 0 bridgehead atoms. The van der Waals surface area contributed by atoms with Gasteiger partial charge in [-0.25, -0.2) is 0 Å². The highest BCUT2D eigenvalue weighted by Gasteiger charge is 2.15. The Balaban J connectivity index is 1.87. The van der Waals surface area contributed by atoms with Gasteiger partial charge in [0.05, 0.1) is 6.61 Å². The van der Waals surface area contributed by atoms with E-state index in [1.54, 1.807) is 0 Å². The number of benzene rings is 1. The minimum Gasteiger partial charge on any atom is -0.392 e. The average molecular weight is 191 g/mol. The number of hydrogen-bond acceptors (Lipinski definition) is 2. The smallest absolute Gasteiger partial charge is 0.0681 e. The van der Waals surface area contributed by atoms with E-state index in [2.05, 4.69) is 17.4 Å². The third kappa shape index (κ3) is 2.34. The monoisotopic (exact) mass is 191 g/mol. The summed E-state index contributed by atoms with van der Waals surface area (Å²) in [5.41, 5.74) is 2.27. The molecule has 0 unspecified atom stereocenters. The highest BCUT2D eigenvalue weighted by Crippen LogP contribution is 2.18. The molecule has 2 rings (SSSR count). The molecule has 1 aromatic rings. The van der Waals surface area contributed by atoms with Crippen LogP contribution >= 0.6 is 0 Å². The van der Waals surface area contributed by atoms with Gasteiger partial charge < -0.3 is 10.4 Å². The van der Waals surface area contributed by atoms with Crippen molar-refractivity contribution in [3.63, 3.8) is 0 Å². The maximum absolute atomic E-state index is 8.98. The average Bonchev–Trinajstić information content (AvgIpc) is 2.16. The van der Waals surface area contributed by atoms with Crippen molar-refractivity contribution in [2.75, 3.05) is 0 Å². The van der Waals surface area contributed by atoms with Crippen LogP contribution in [0, 0.1) is 0 Å². The standard InChI is InChI=1S/C12H17NO/c14-9-11-4-1-3-10(7-11)8-13-12-5-2-6-12/h1,3-4,7,12-14H,2,5-6,8-9H2. The normalized spacial score (nSPS) is 16.6. The molecule has 2 heteroatoms. The Morgan fingerprint density at radius 3 is 2.71 bits per heavy atom. The second kappa shape index (κ2) is 4.58. The van der Waals surface area contributed by atoms with Crippen molar-refractivity contribution in [2.45, 2.75) is 38.5 Å². The van der Waals surface area contributed by atoms with Crippen LogP contribution in [0.25, 0.3) is 0 Å². The van der Waals surface area contributed by atoms with Crippen molar-refractivity contribution in [1.82, 2.24) is 5.32 Å². The minimum absolute atomic E-state index is 0.136. The molecule has 14 heavy (non-hydrogen) atoms. The van der Waals surface area contributed by atoms with Gasteiger partial charge in [-0.3, -0.25) is 0 Å². The van der Waals surface area contributed by atoms with E-state index >= 15 is 0 Å². The van der Waals surface area contributed by atoms with E-state index in [1.807, 2.05) is 12.1 Å². The van der Waals surface area contributed by atoms with E-state index in [0.717, 1.165) is 18.2 Å². The van der Waals surface area contributed by atoms with Crippen LogP contribution in [0.15, 0.2) is 24.3 Å². The quantitative estimate of drug-likeness (QED) is 0.761. The van der Waals surface area contributed by atoms with Gasteiger partial charge in [0.2, 0.25) is 0 Å². The zero-order chi connectivity index (χ0) is 9.80. The Morgan fingerprint density at radius 1 is 1.29 bits per heavy atom. The summed E-state index contributed by atoms with van der Waals surface area (Å²) in [6.07, 6.45) is 4.01. The predicted octanol–water partition coefficient (Wildman–Crippen LogP) is 1.82. The largest absolute Gasteiger partial charge is 0.392 e. The van der Waals surface area contributed by atoms with Crippen molar-refractivity contribution in [2.24, 2.45) is 0 Å². The zero-order valence-electron chi connectivity index (χ0n) is 8.37. The lowest BCUT2D eigenvalue weighted by atomic mass is 9.93. The first-order valence-electron chi connectivity index (χ1n) is 5.30. The molecule has 1 aromatic carbocycles. The van der Waals surface area contributed by atoms with E-state index in [4.69, 9.17) is 5.11 Å². The van der Waals surface area contributed by atoms with Crippen LogP contribution in [0.5, 0.6) is 0 Å². The Labute approximate surface area is 85.0 Å². The summed E-state index contributed by atoms with van der Waals surface area (Å²) in [5, 5.41) is 12.5. The van der Waals surface area contributed by atoms with Gasteiger partial charge in [-0.1, -0.05) is 30.7 Å². The molecule has 0 spiro atoms. The lowest BCUT2D eigenvalue weighted by molar-refractivity contribution is 0.281. The maximum Gasteiger partial charge on any atom is 0.0681 e. The first-order chi connectivity index (χ1) is 6.88. The fourth-order valence-corrected chi connectivity index (χ4v) is 1.71. The summed E-state index contributed by atoms with van der Waals surface area (Å²) in [5.74, 6) is 0. The molecular formula is C12H17NO. The Morgan fingerprint density at radius 2 is 2.07 bits per heavy atom. The minimum atomic E-state index is 0.136. The van der Waals surface area contributed by atoms with Crippen molar-refractivity contribution in [3.8, 4) is 0 Å². The van der Waals surface area contributed by atoms with E-state index < -0.39 is 0 Å². The molecule has 0 aliphatic heterocycles. The third-order valence-corrected chi connectivity index (χ3v) is 2.87. The molecule has 1 saturated carbocycles. The van der Waals surface area contributed by atoms with E-state index in [-0.39, 0.29) is 6.61 Å². The Bertz CT molecular complexity index is 294. The number of aliphatic hydroxyl groups is 1. The van der Waals surface area contributed by atoms with Crippen LogP contribution in [-0.4, -0.2) is 11.1 Å². The molecular weight excluding hydrogens is 174 g/mol. The molecule has 0 heterocycles. The van der Waals surface area contributed by atoms with Crippen LogP contribution in [0.1, 0.15) is 30.4 Å². The molecule has 2 nitrogen and oxygen atoms in total. The number of aliphatic hydroxyl groups excluding tert-OH is 1. The molecule has 0 saturated heterocycles. The molecule has 0 radical (unpaired) electrons. The first kappa shape index (κ1) is 9.69. The van der Waals surface area contributed by atoms with Crippen molar-refractivity contribution < 1.29 is 5.11 Å². The summed E-state index contributed by atoms with van der Waals surface area (Å²) in [4.78, 5) is 0. The van der Waals surface area contributed by atoms with Crippen molar-refractivity contribution in [3.05, 3.63) is 35.4 Å². The summed E-state index contributed by atoms with van der Waals surface area (Å²) < 4.78 is 0. The highest BCUT2D eigenvalue weighted by molar-refractivity contribution is 5.22. The number of hydrogen-bond donors (Lipinski definition) is 2. The van der Waals surface area contributed by atoms with E-state index in [1.165, 1.54) is 24.8 Å². The molecule has 0 aromatic heterocycles. The molecule has 1 fully saturated rings. The molecule has 0 atom stereocenters. The number of rotatable bonds is 4. The highest BCUT2D eigenvalue weighted by atomic mass is 16.3. The SMILES string of the molecule is OCc1cccc(CNC2CCC2)c1. The Kier molecular flexibility index (Phi) is 3.17. The Hall–Kier alpha value is -0.860. The second-order valence-corrected chi connectivity index (χ2v) is 3.99. The molecule has 1 aliphatic carbocycles. The summed E-state index contributed by atoms with van der Waals surface area (Å²) in [7, 11) is 0. The van der Waals surface area contributed by atoms with E-state index in [0.29, 0.717) is 0 Å². The fraction of sp³-hybridized carbons (Fsp3) is 0.500. The molecule has 2 N–H and O–H groups in total. The van der Waals surface area contributed by atoms with Crippen LogP contribution in [0.4, 0.5) is 0 Å². The molecule has 0 amide bonds. The van der Waals surface area contributed by atoms with E-state index in [9.17, 15) is 0 Å². The summed E-state index contributed by atoms with van der Waals surface area (Å²) >= 11 is 0. The lowest BCUT2D eigenvalue weighted by Gasteiger charge is -2.26. The van der Waals surface area contributed by atoms with Gasteiger partial charge in [0.1, 0.15) is 0 Å². The van der Waals surface area contributed by atoms with Gasteiger partial charge in [0, 0.05) is 12.6 Å². The van der Waals surface area contributed by atoms with Crippen LogP contribution in [0.2, 0.25) is 0 Å². The summed E-state index contributed by atoms with van der Waals surface area (Å²) in [6, 6.07) is 8.85. The molecule has 1 aliphatic rings. The van der Waals surface area contributed by atoms with Gasteiger partial charge in [0.15, 0.2) is 0 Å². The molecule has 76 valence electrons. The van der Waals surface area contributed by atoms with Gasteiger partial charge >= 0.3 is 0 Å². The topological polar surface area (TPSA) is 32.3 Å². The zero-order valence-corrected chi connectivity index (χ0v) is 8.37. The van der Waals surface area contributed by atoms with Crippen LogP contribution < -0.4 is 5.32 Å². The third-order valence-electron chi connectivity index (χ3n) is 2.87. The van der Waals surface area contributed by atoms with Gasteiger partial charge in [-0.15, -0.1) is 0 Å². The number of nitrogens with one attached hydrogen (secondary N) is 1. The maximum atomic E-state index is 8.98. The predicted molar refractivity (Wildman–Crippen MR) is 56.8 cm³/mol. The second-order valence-electron chi connectivity index (χ2n) is 3.99. The van der Waals surface area contributed by atoms with Crippen molar-refractivity contribution in [1.29, 1.82) is 0 Å². The van der Waals surface area contributed by atoms with Crippen molar-refractivity contribution >= 4 is 0 Å². The van der Waals surface area contributed by atoms with Gasteiger partial charge in [-0.2, -0.15) is 0 Å². The first-order valence-corrected chi connectivity index (χ1v) is 5.30.